The summed E-state index contributed by atoms with van der Waals surface area (Å²) in [7, 11) is 0. The molecular formula is C52H28F3N5. The number of hydrogen-bond acceptors (Lipinski definition) is 2. The molecule has 0 spiro atoms. The minimum absolute atomic E-state index is 0.0839. The lowest BCUT2D eigenvalue weighted by Gasteiger charge is -2.23. The topological polar surface area (TPSA) is 61.8 Å². The largest absolute Gasteiger partial charge is 0.420 e. The molecule has 0 radical (unpaired) electrons. The van der Waals surface area contributed by atoms with Crippen LogP contribution in [0, 0.1) is 29.2 Å². The van der Waals surface area contributed by atoms with Crippen molar-refractivity contribution in [3.63, 3.8) is 0 Å². The molecule has 0 N–H and O–H groups in total. The molecule has 2 heterocycles. The van der Waals surface area contributed by atoms with Gasteiger partial charge in [-0.15, -0.1) is 0 Å². The molecule has 0 aliphatic heterocycles. The van der Waals surface area contributed by atoms with Crippen LogP contribution in [0.25, 0.3) is 93.2 Å². The summed E-state index contributed by atoms with van der Waals surface area (Å²) in [6, 6.07) is 55.1. The van der Waals surface area contributed by atoms with E-state index in [4.69, 9.17) is 6.57 Å². The minimum Gasteiger partial charge on any atom is -0.309 e. The first-order valence-corrected chi connectivity index (χ1v) is 19.1. The fourth-order valence-electron chi connectivity index (χ4n) is 8.53. The Bertz CT molecular complexity index is 3330. The van der Waals surface area contributed by atoms with Gasteiger partial charge >= 0.3 is 6.18 Å². The van der Waals surface area contributed by atoms with Crippen LogP contribution in [-0.2, 0) is 6.18 Å². The number of para-hydroxylation sites is 2. The summed E-state index contributed by atoms with van der Waals surface area (Å²) in [5, 5.41) is 22.7. The smallest absolute Gasteiger partial charge is 0.309 e. The summed E-state index contributed by atoms with van der Waals surface area (Å²) < 4.78 is 52.8. The van der Waals surface area contributed by atoms with Crippen LogP contribution in [0.15, 0.2) is 170 Å². The van der Waals surface area contributed by atoms with Crippen LogP contribution in [0.5, 0.6) is 0 Å². The van der Waals surface area contributed by atoms with Crippen molar-refractivity contribution < 1.29 is 13.2 Å². The Morgan fingerprint density at radius 2 is 0.867 bits per heavy atom. The Morgan fingerprint density at radius 3 is 1.35 bits per heavy atom. The highest BCUT2D eigenvalue weighted by atomic mass is 19.4. The van der Waals surface area contributed by atoms with E-state index in [9.17, 15) is 10.5 Å². The molecule has 60 heavy (non-hydrogen) atoms. The van der Waals surface area contributed by atoms with Crippen molar-refractivity contribution in [2.24, 2.45) is 0 Å². The van der Waals surface area contributed by atoms with Crippen LogP contribution in [-0.4, -0.2) is 9.13 Å². The van der Waals surface area contributed by atoms with Crippen molar-refractivity contribution in [1.82, 2.24) is 9.13 Å². The van der Waals surface area contributed by atoms with E-state index in [0.717, 1.165) is 43.8 Å². The average molecular weight is 780 g/mol. The first-order valence-electron chi connectivity index (χ1n) is 19.1. The second-order valence-corrected chi connectivity index (χ2v) is 14.6. The molecule has 10 aromatic rings. The second-order valence-electron chi connectivity index (χ2n) is 14.6. The Kier molecular flexibility index (Phi) is 8.35. The highest BCUT2D eigenvalue weighted by Crippen LogP contribution is 2.47. The van der Waals surface area contributed by atoms with E-state index in [1.165, 1.54) is 0 Å². The van der Waals surface area contributed by atoms with Crippen LogP contribution in [0.2, 0.25) is 0 Å². The predicted octanol–water partition coefficient (Wildman–Crippen LogP) is 14.2. The van der Waals surface area contributed by atoms with Gasteiger partial charge in [0.2, 0.25) is 0 Å². The van der Waals surface area contributed by atoms with E-state index >= 15 is 13.2 Å². The highest BCUT2D eigenvalue weighted by Gasteiger charge is 2.39. The van der Waals surface area contributed by atoms with Crippen molar-refractivity contribution in [1.29, 1.82) is 10.5 Å². The van der Waals surface area contributed by atoms with Crippen molar-refractivity contribution in [2.45, 2.75) is 6.18 Å². The van der Waals surface area contributed by atoms with Gasteiger partial charge in [-0.3, -0.25) is 0 Å². The maximum atomic E-state index is 16.5. The van der Waals surface area contributed by atoms with E-state index in [1.807, 2.05) is 97.1 Å². The fraction of sp³-hybridized carbons (Fsp3) is 0.0192. The molecule has 0 atom stereocenters. The molecule has 0 aliphatic rings. The van der Waals surface area contributed by atoms with E-state index in [-0.39, 0.29) is 11.4 Å². The number of halogens is 3. The van der Waals surface area contributed by atoms with Gasteiger partial charge in [0.25, 0.3) is 0 Å². The molecule has 0 amide bonds. The first-order chi connectivity index (χ1) is 29.2. The summed E-state index contributed by atoms with van der Waals surface area (Å²) in [6.45, 7) is 7.59. The van der Waals surface area contributed by atoms with E-state index in [2.05, 4.69) is 17.0 Å². The summed E-state index contributed by atoms with van der Waals surface area (Å²) in [5.41, 5.74) is 6.65. The standard InChI is InChI=1S/C52H28F3N5/c1-58-40-14-8-13-36(25-40)38-20-22-44-42-16-3-5-18-46(42)60(48(44)27-38)50-29-39(35-12-7-10-33(24-35)31-57)28-49(51(50)52(53,54)55)59-45-17-4-2-15-41(45)43-21-19-37(26-47(43)59)34-11-6-9-32(23-34)30-56/h2-29H. The molecule has 282 valence electrons. The molecule has 10 rings (SSSR count). The molecule has 8 aromatic carbocycles. The van der Waals surface area contributed by atoms with Gasteiger partial charge in [-0.25, -0.2) is 4.85 Å². The maximum absolute atomic E-state index is 16.5. The third-order valence-electron chi connectivity index (χ3n) is 11.2. The van der Waals surface area contributed by atoms with Gasteiger partial charge in [0.15, 0.2) is 5.69 Å². The lowest BCUT2D eigenvalue weighted by atomic mass is 9.97. The van der Waals surface area contributed by atoms with Crippen LogP contribution >= 0.6 is 0 Å². The SMILES string of the molecule is [C-]#[N+]c1cccc(-c2ccc3c4ccccc4n(-c4cc(-c5cccc(C#N)c5)cc(-n5c6ccccc6c6ccc(-c7cccc(C#N)c7)cc65)c4C(F)(F)F)c3c2)c1. The predicted molar refractivity (Wildman–Crippen MR) is 232 cm³/mol. The maximum Gasteiger partial charge on any atom is 0.420 e. The monoisotopic (exact) mass is 779 g/mol. The highest BCUT2D eigenvalue weighted by molar-refractivity contribution is 6.12. The molecule has 8 heteroatoms. The quantitative estimate of drug-likeness (QED) is 0.163. The first kappa shape index (κ1) is 36.0. The van der Waals surface area contributed by atoms with E-state index in [1.54, 1.807) is 81.9 Å². The number of nitrogens with zero attached hydrogens (tertiary/aromatic N) is 5. The Hall–Kier alpha value is -8.38. The number of rotatable bonds is 5. The van der Waals surface area contributed by atoms with Crippen LogP contribution < -0.4 is 0 Å². The summed E-state index contributed by atoms with van der Waals surface area (Å²) in [6.07, 6.45) is -4.87. The summed E-state index contributed by atoms with van der Waals surface area (Å²) >= 11 is 0. The van der Waals surface area contributed by atoms with Gasteiger partial charge in [0.1, 0.15) is 5.56 Å². The zero-order valence-electron chi connectivity index (χ0n) is 31.5. The Labute approximate surface area is 342 Å². The van der Waals surface area contributed by atoms with E-state index in [0.29, 0.717) is 50.0 Å². The molecule has 0 aliphatic carbocycles. The van der Waals surface area contributed by atoms with Gasteiger partial charge in [0, 0.05) is 21.5 Å². The third-order valence-corrected chi connectivity index (χ3v) is 11.2. The minimum atomic E-state index is -4.87. The molecule has 0 saturated heterocycles. The lowest BCUT2D eigenvalue weighted by Crippen LogP contribution is -2.16. The number of fused-ring (bicyclic) bond motifs is 6. The second kappa shape index (κ2) is 13.9. The number of alkyl halides is 3. The molecule has 5 nitrogen and oxygen atoms in total. The van der Waals surface area contributed by atoms with Crippen LogP contribution in [0.1, 0.15) is 16.7 Å². The van der Waals surface area contributed by atoms with Crippen molar-refractivity contribution in [3.05, 3.63) is 198 Å². The fourth-order valence-corrected chi connectivity index (χ4v) is 8.53. The van der Waals surface area contributed by atoms with Crippen molar-refractivity contribution >= 4 is 49.3 Å². The van der Waals surface area contributed by atoms with Gasteiger partial charge < -0.3 is 9.13 Å². The molecule has 0 unspecified atom stereocenters. The number of nitriles is 2. The lowest BCUT2D eigenvalue weighted by molar-refractivity contribution is -0.137. The average Bonchev–Trinajstić information content (AvgIpc) is 3.80. The van der Waals surface area contributed by atoms with Gasteiger partial charge in [0.05, 0.1) is 63.3 Å². The number of hydrogen-bond donors (Lipinski definition) is 0. The Balaban J connectivity index is 1.37. The molecule has 0 bridgehead atoms. The summed E-state index contributed by atoms with van der Waals surface area (Å²) in [5.74, 6) is 0. The zero-order chi connectivity index (χ0) is 41.1. The number of aromatic nitrogens is 2. The zero-order valence-corrected chi connectivity index (χ0v) is 31.5. The molecule has 0 saturated carbocycles. The van der Waals surface area contributed by atoms with Gasteiger partial charge in [-0.05, 0) is 100 Å². The van der Waals surface area contributed by atoms with Crippen molar-refractivity contribution in [3.8, 4) is 56.9 Å². The van der Waals surface area contributed by atoms with E-state index < -0.39 is 11.7 Å². The van der Waals surface area contributed by atoms with Crippen LogP contribution in [0.4, 0.5) is 18.9 Å². The molecule has 0 fully saturated rings. The molecular weight excluding hydrogens is 752 g/mol. The third kappa shape index (κ3) is 5.85. The van der Waals surface area contributed by atoms with Gasteiger partial charge in [-0.2, -0.15) is 23.7 Å². The van der Waals surface area contributed by atoms with Crippen molar-refractivity contribution in [2.75, 3.05) is 0 Å². The summed E-state index contributed by atoms with van der Waals surface area (Å²) in [4.78, 5) is 3.60. The molecule has 2 aromatic heterocycles. The Morgan fingerprint density at radius 1 is 0.433 bits per heavy atom. The van der Waals surface area contributed by atoms with Gasteiger partial charge in [-0.1, -0.05) is 103 Å². The van der Waals surface area contributed by atoms with Crippen LogP contribution in [0.3, 0.4) is 0 Å². The number of benzene rings is 8. The normalized spacial score (nSPS) is 11.5.